The van der Waals surface area contributed by atoms with Gasteiger partial charge in [0.2, 0.25) is 0 Å². The van der Waals surface area contributed by atoms with Gasteiger partial charge in [-0.05, 0) is 44.2 Å². The average Bonchev–Trinajstić information content (AvgIpc) is 2.54. The van der Waals surface area contributed by atoms with Crippen LogP contribution in [0.5, 0.6) is 0 Å². The lowest BCUT2D eigenvalue weighted by Gasteiger charge is -2.18. The molecule has 110 valence electrons. The number of rotatable bonds is 2. The quantitative estimate of drug-likeness (QED) is 0.711. The minimum atomic E-state index is -0.0420. The SMILES string of the molecule is Cc1ccc2nc(C)c(C(=O)N(C)c3ccccc3)cc2c1. The summed E-state index contributed by atoms with van der Waals surface area (Å²) in [7, 11) is 1.79. The van der Waals surface area contributed by atoms with Crippen LogP contribution >= 0.6 is 0 Å². The molecule has 0 unspecified atom stereocenters. The molecule has 0 atom stereocenters. The molecule has 0 radical (unpaired) electrons. The van der Waals surface area contributed by atoms with Crippen molar-refractivity contribution in [3.05, 3.63) is 71.4 Å². The van der Waals surface area contributed by atoms with Crippen molar-refractivity contribution in [2.24, 2.45) is 0 Å². The van der Waals surface area contributed by atoms with Crippen molar-refractivity contribution in [3.8, 4) is 0 Å². The molecule has 2 aromatic carbocycles. The predicted octanol–water partition coefficient (Wildman–Crippen LogP) is 4.13. The lowest BCUT2D eigenvalue weighted by molar-refractivity contribution is 0.0992. The molecule has 0 bridgehead atoms. The standard InChI is InChI=1S/C19H18N2O/c1-13-9-10-18-15(11-13)12-17(14(2)20-18)19(22)21(3)16-7-5-4-6-8-16/h4-12H,1-3H3. The molecule has 3 aromatic rings. The summed E-state index contributed by atoms with van der Waals surface area (Å²) in [5.41, 5.74) is 4.35. The highest BCUT2D eigenvalue weighted by Crippen LogP contribution is 2.21. The van der Waals surface area contributed by atoms with E-state index in [0.717, 1.165) is 27.8 Å². The maximum Gasteiger partial charge on any atom is 0.259 e. The van der Waals surface area contributed by atoms with Crippen molar-refractivity contribution in [1.82, 2.24) is 4.98 Å². The smallest absolute Gasteiger partial charge is 0.259 e. The van der Waals surface area contributed by atoms with Crippen molar-refractivity contribution in [1.29, 1.82) is 0 Å². The highest BCUT2D eigenvalue weighted by atomic mass is 16.2. The molecule has 0 fully saturated rings. The number of aryl methyl sites for hydroxylation is 2. The maximum atomic E-state index is 12.8. The molecule has 0 saturated heterocycles. The van der Waals surface area contributed by atoms with Crippen LogP contribution in [0.1, 0.15) is 21.6 Å². The Hall–Kier alpha value is -2.68. The van der Waals surface area contributed by atoms with Gasteiger partial charge in [-0.2, -0.15) is 0 Å². The van der Waals surface area contributed by atoms with E-state index in [1.165, 1.54) is 0 Å². The number of carbonyl (C=O) groups is 1. The van der Waals surface area contributed by atoms with Crippen molar-refractivity contribution < 1.29 is 4.79 Å². The number of hydrogen-bond acceptors (Lipinski definition) is 2. The van der Waals surface area contributed by atoms with Crippen LogP contribution in [0.2, 0.25) is 0 Å². The molecular formula is C19H18N2O. The van der Waals surface area contributed by atoms with Gasteiger partial charge in [0.25, 0.3) is 5.91 Å². The predicted molar refractivity (Wildman–Crippen MR) is 90.4 cm³/mol. The second-order valence-electron chi connectivity index (χ2n) is 5.52. The van der Waals surface area contributed by atoms with E-state index in [4.69, 9.17) is 0 Å². The fourth-order valence-corrected chi connectivity index (χ4v) is 2.56. The van der Waals surface area contributed by atoms with Gasteiger partial charge in [0.1, 0.15) is 0 Å². The van der Waals surface area contributed by atoms with Crippen LogP contribution in [0.3, 0.4) is 0 Å². The second-order valence-corrected chi connectivity index (χ2v) is 5.52. The van der Waals surface area contributed by atoms with Gasteiger partial charge in [-0.3, -0.25) is 9.78 Å². The van der Waals surface area contributed by atoms with Gasteiger partial charge in [0.15, 0.2) is 0 Å². The van der Waals surface area contributed by atoms with E-state index >= 15 is 0 Å². The van der Waals surface area contributed by atoms with Crippen molar-refractivity contribution in [2.75, 3.05) is 11.9 Å². The third-order valence-electron chi connectivity index (χ3n) is 3.84. The van der Waals surface area contributed by atoms with Crippen LogP contribution in [-0.2, 0) is 0 Å². The Morgan fingerprint density at radius 1 is 1.00 bits per heavy atom. The van der Waals surface area contributed by atoms with E-state index in [2.05, 4.69) is 11.1 Å². The Kier molecular flexibility index (Phi) is 3.63. The Bertz CT molecular complexity index is 841. The number of pyridine rings is 1. The molecule has 3 rings (SSSR count). The molecule has 0 spiro atoms. The van der Waals surface area contributed by atoms with E-state index in [0.29, 0.717) is 5.56 Å². The largest absolute Gasteiger partial charge is 0.311 e. The zero-order chi connectivity index (χ0) is 15.7. The van der Waals surface area contributed by atoms with E-state index in [1.54, 1.807) is 11.9 Å². The summed E-state index contributed by atoms with van der Waals surface area (Å²) in [4.78, 5) is 19.0. The minimum absolute atomic E-state index is 0.0420. The molecule has 1 amide bonds. The van der Waals surface area contributed by atoms with Gasteiger partial charge in [0.05, 0.1) is 16.8 Å². The molecule has 1 aromatic heterocycles. The second kappa shape index (κ2) is 5.60. The van der Waals surface area contributed by atoms with Crippen LogP contribution in [0.4, 0.5) is 5.69 Å². The molecule has 0 N–H and O–H groups in total. The first-order valence-corrected chi connectivity index (χ1v) is 7.27. The summed E-state index contributed by atoms with van der Waals surface area (Å²) in [5, 5.41) is 0.996. The van der Waals surface area contributed by atoms with Crippen LogP contribution in [-0.4, -0.2) is 17.9 Å². The van der Waals surface area contributed by atoms with E-state index in [9.17, 15) is 4.79 Å². The maximum absolute atomic E-state index is 12.8. The topological polar surface area (TPSA) is 33.2 Å². The van der Waals surface area contributed by atoms with Gasteiger partial charge in [-0.25, -0.2) is 0 Å². The number of para-hydroxylation sites is 1. The summed E-state index contributed by atoms with van der Waals surface area (Å²) in [6.45, 7) is 3.92. The highest BCUT2D eigenvalue weighted by Gasteiger charge is 2.17. The van der Waals surface area contributed by atoms with Gasteiger partial charge >= 0.3 is 0 Å². The van der Waals surface area contributed by atoms with Gasteiger partial charge < -0.3 is 4.90 Å². The molecule has 22 heavy (non-hydrogen) atoms. The first-order valence-electron chi connectivity index (χ1n) is 7.27. The highest BCUT2D eigenvalue weighted by molar-refractivity contribution is 6.08. The van der Waals surface area contributed by atoms with Crippen LogP contribution in [0.25, 0.3) is 10.9 Å². The first-order chi connectivity index (χ1) is 10.6. The molecular weight excluding hydrogens is 272 g/mol. The summed E-state index contributed by atoms with van der Waals surface area (Å²) < 4.78 is 0. The summed E-state index contributed by atoms with van der Waals surface area (Å²) in [5.74, 6) is -0.0420. The van der Waals surface area contributed by atoms with Crippen LogP contribution in [0, 0.1) is 13.8 Å². The molecule has 3 heteroatoms. The molecule has 3 nitrogen and oxygen atoms in total. The Labute approximate surface area is 130 Å². The number of benzene rings is 2. The fourth-order valence-electron chi connectivity index (χ4n) is 2.56. The number of hydrogen-bond donors (Lipinski definition) is 0. The molecule has 0 saturated carbocycles. The van der Waals surface area contributed by atoms with Gasteiger partial charge in [-0.15, -0.1) is 0 Å². The minimum Gasteiger partial charge on any atom is -0.311 e. The molecule has 0 aliphatic rings. The summed E-state index contributed by atoms with van der Waals surface area (Å²) in [6.07, 6.45) is 0. The normalized spacial score (nSPS) is 10.7. The fraction of sp³-hybridized carbons (Fsp3) is 0.158. The van der Waals surface area contributed by atoms with Gasteiger partial charge in [-0.1, -0.05) is 29.8 Å². The summed E-state index contributed by atoms with van der Waals surface area (Å²) in [6, 6.07) is 17.7. The molecule has 0 aliphatic heterocycles. The number of carbonyl (C=O) groups excluding carboxylic acids is 1. The lowest BCUT2D eigenvalue weighted by Crippen LogP contribution is -2.27. The van der Waals surface area contributed by atoms with Crippen LogP contribution < -0.4 is 4.90 Å². The average molecular weight is 290 g/mol. The number of nitrogens with zero attached hydrogens (tertiary/aromatic N) is 2. The monoisotopic (exact) mass is 290 g/mol. The van der Waals surface area contributed by atoms with Crippen molar-refractivity contribution in [2.45, 2.75) is 13.8 Å². The molecule has 1 heterocycles. The van der Waals surface area contributed by atoms with Crippen molar-refractivity contribution >= 4 is 22.5 Å². The number of fused-ring (bicyclic) bond motifs is 1. The number of amides is 1. The lowest BCUT2D eigenvalue weighted by atomic mass is 10.1. The zero-order valence-corrected chi connectivity index (χ0v) is 13.0. The third kappa shape index (κ3) is 2.58. The Balaban J connectivity index is 2.05. The Morgan fingerprint density at radius 3 is 2.45 bits per heavy atom. The Morgan fingerprint density at radius 2 is 1.73 bits per heavy atom. The third-order valence-corrected chi connectivity index (χ3v) is 3.84. The first kappa shape index (κ1) is 14.3. The van der Waals surface area contributed by atoms with Gasteiger partial charge in [0, 0.05) is 18.1 Å². The van der Waals surface area contributed by atoms with Crippen molar-refractivity contribution in [3.63, 3.8) is 0 Å². The van der Waals surface area contributed by atoms with E-state index in [1.807, 2.05) is 62.4 Å². The summed E-state index contributed by atoms with van der Waals surface area (Å²) >= 11 is 0. The van der Waals surface area contributed by atoms with E-state index in [-0.39, 0.29) is 5.91 Å². The van der Waals surface area contributed by atoms with E-state index < -0.39 is 0 Å². The zero-order valence-electron chi connectivity index (χ0n) is 13.0. The number of anilines is 1. The van der Waals surface area contributed by atoms with Crippen LogP contribution in [0.15, 0.2) is 54.6 Å². The molecule has 0 aliphatic carbocycles. The number of aromatic nitrogens is 1.